The Labute approximate surface area is 119 Å². The van der Waals surface area contributed by atoms with Gasteiger partial charge in [-0.15, -0.1) is 0 Å². The zero-order valence-electron chi connectivity index (χ0n) is 11.6. The van der Waals surface area contributed by atoms with Crippen LogP contribution in [0.5, 0.6) is 0 Å². The number of rotatable bonds is 2. The normalized spacial score (nSPS) is 23.2. The van der Waals surface area contributed by atoms with Crippen LogP contribution in [0.2, 0.25) is 0 Å². The lowest BCUT2D eigenvalue weighted by molar-refractivity contribution is -0.384. The predicted molar refractivity (Wildman–Crippen MR) is 72.4 cm³/mol. The van der Waals surface area contributed by atoms with E-state index in [1.54, 1.807) is 4.90 Å². The Bertz CT molecular complexity index is 538. The summed E-state index contributed by atoms with van der Waals surface area (Å²) in [6, 6.07) is 2.89. The van der Waals surface area contributed by atoms with Crippen LogP contribution in [0.25, 0.3) is 0 Å². The number of benzene rings is 1. The van der Waals surface area contributed by atoms with Gasteiger partial charge < -0.3 is 10.2 Å². The third kappa shape index (κ3) is 3.44. The second-order valence-electron chi connectivity index (χ2n) is 5.33. The summed E-state index contributed by atoms with van der Waals surface area (Å²) in [5.41, 5.74) is -1.28. The first-order valence-electron chi connectivity index (χ1n) is 6.55. The lowest BCUT2D eigenvalue weighted by Crippen LogP contribution is -2.54. The van der Waals surface area contributed by atoms with E-state index in [1.807, 2.05) is 13.8 Å². The van der Waals surface area contributed by atoms with Gasteiger partial charge in [0.1, 0.15) is 5.69 Å². The van der Waals surface area contributed by atoms with Gasteiger partial charge in [-0.05, 0) is 26.0 Å². The Kier molecular flexibility index (Phi) is 4.08. The minimum absolute atomic E-state index is 0.107. The van der Waals surface area contributed by atoms with Crippen LogP contribution in [0.4, 0.5) is 24.5 Å². The van der Waals surface area contributed by atoms with E-state index >= 15 is 0 Å². The third-order valence-electron chi connectivity index (χ3n) is 3.40. The van der Waals surface area contributed by atoms with Crippen molar-refractivity contribution < 1.29 is 18.1 Å². The molecule has 1 N–H and O–H groups in total. The van der Waals surface area contributed by atoms with Gasteiger partial charge in [0.15, 0.2) is 0 Å². The molecule has 5 nitrogen and oxygen atoms in total. The van der Waals surface area contributed by atoms with E-state index in [0.717, 1.165) is 6.07 Å². The van der Waals surface area contributed by atoms with Gasteiger partial charge in [-0.3, -0.25) is 10.1 Å². The molecule has 2 rings (SSSR count). The maximum Gasteiger partial charge on any atom is 0.416 e. The first kappa shape index (κ1) is 15.6. The topological polar surface area (TPSA) is 58.4 Å². The zero-order valence-corrected chi connectivity index (χ0v) is 11.6. The summed E-state index contributed by atoms with van der Waals surface area (Å²) in [6.45, 7) is 4.88. The molecule has 21 heavy (non-hydrogen) atoms. The first-order valence-corrected chi connectivity index (χ1v) is 6.55. The summed E-state index contributed by atoms with van der Waals surface area (Å²) < 4.78 is 38.0. The number of nitro benzene ring substituents is 1. The molecule has 0 aromatic heterocycles. The summed E-state index contributed by atoms with van der Waals surface area (Å²) in [7, 11) is 0. The molecule has 1 aromatic carbocycles. The molecule has 0 radical (unpaired) electrons. The molecule has 116 valence electrons. The number of hydrogen-bond acceptors (Lipinski definition) is 4. The highest BCUT2D eigenvalue weighted by atomic mass is 19.4. The summed E-state index contributed by atoms with van der Waals surface area (Å²) in [6.07, 6.45) is -4.59. The fourth-order valence-corrected chi connectivity index (χ4v) is 2.64. The standard InChI is InChI=1S/C13H16F3N3O2/c1-8-6-18(7-9(2)17-8)11-4-3-10(13(14,15)16)5-12(11)19(20)21/h3-5,8-9,17H,6-7H2,1-2H3/t8-,9-/m1/s1. The number of alkyl halides is 3. The van der Waals surface area contributed by atoms with Crippen molar-refractivity contribution in [2.45, 2.75) is 32.1 Å². The van der Waals surface area contributed by atoms with Crippen LogP contribution < -0.4 is 10.2 Å². The molecule has 8 heteroatoms. The minimum Gasteiger partial charge on any atom is -0.363 e. The number of halogens is 3. The molecule has 1 aliphatic heterocycles. The largest absolute Gasteiger partial charge is 0.416 e. The highest BCUT2D eigenvalue weighted by Crippen LogP contribution is 2.36. The molecular formula is C13H16F3N3O2. The van der Waals surface area contributed by atoms with E-state index in [1.165, 1.54) is 6.07 Å². The monoisotopic (exact) mass is 303 g/mol. The van der Waals surface area contributed by atoms with Gasteiger partial charge in [-0.25, -0.2) is 0 Å². The SMILES string of the molecule is C[C@@H]1CN(c2ccc(C(F)(F)F)cc2[N+](=O)[O-])C[C@@H](C)N1. The Morgan fingerprint density at radius 3 is 2.33 bits per heavy atom. The van der Waals surface area contributed by atoms with E-state index < -0.39 is 22.4 Å². The van der Waals surface area contributed by atoms with Crippen molar-refractivity contribution >= 4 is 11.4 Å². The maximum atomic E-state index is 12.7. The van der Waals surface area contributed by atoms with Crippen molar-refractivity contribution in [2.75, 3.05) is 18.0 Å². The molecule has 1 aromatic rings. The van der Waals surface area contributed by atoms with Gasteiger partial charge in [0.25, 0.3) is 5.69 Å². The third-order valence-corrected chi connectivity index (χ3v) is 3.40. The van der Waals surface area contributed by atoms with Crippen molar-refractivity contribution in [1.29, 1.82) is 0 Å². The average molecular weight is 303 g/mol. The molecular weight excluding hydrogens is 287 g/mol. The van der Waals surface area contributed by atoms with Gasteiger partial charge in [0, 0.05) is 31.2 Å². The van der Waals surface area contributed by atoms with Gasteiger partial charge in [-0.2, -0.15) is 13.2 Å². The molecule has 1 aliphatic rings. The average Bonchev–Trinajstić information content (AvgIpc) is 2.35. The van der Waals surface area contributed by atoms with E-state index in [-0.39, 0.29) is 17.8 Å². The molecule has 0 spiro atoms. The van der Waals surface area contributed by atoms with Crippen LogP contribution >= 0.6 is 0 Å². The van der Waals surface area contributed by atoms with E-state index in [0.29, 0.717) is 19.2 Å². The quantitative estimate of drug-likeness (QED) is 0.674. The highest BCUT2D eigenvalue weighted by Gasteiger charge is 2.34. The summed E-state index contributed by atoms with van der Waals surface area (Å²) >= 11 is 0. The lowest BCUT2D eigenvalue weighted by atomic mass is 10.1. The fourth-order valence-electron chi connectivity index (χ4n) is 2.64. The molecule has 0 bridgehead atoms. The Hall–Kier alpha value is -1.83. The molecule has 1 fully saturated rings. The van der Waals surface area contributed by atoms with Crippen LogP contribution in [0.1, 0.15) is 19.4 Å². The molecule has 0 saturated carbocycles. The second-order valence-corrected chi connectivity index (χ2v) is 5.33. The predicted octanol–water partition coefficient (Wildman–Crippen LogP) is 2.80. The van der Waals surface area contributed by atoms with Crippen molar-refractivity contribution in [1.82, 2.24) is 5.32 Å². The van der Waals surface area contributed by atoms with Crippen molar-refractivity contribution in [2.24, 2.45) is 0 Å². The van der Waals surface area contributed by atoms with Crippen LogP contribution in [0, 0.1) is 10.1 Å². The van der Waals surface area contributed by atoms with Gasteiger partial charge in [0.05, 0.1) is 10.5 Å². The Morgan fingerprint density at radius 2 is 1.86 bits per heavy atom. The van der Waals surface area contributed by atoms with Crippen LogP contribution in [0.15, 0.2) is 18.2 Å². The van der Waals surface area contributed by atoms with Crippen molar-refractivity contribution in [3.05, 3.63) is 33.9 Å². The molecule has 0 unspecified atom stereocenters. The number of hydrogen-bond donors (Lipinski definition) is 1. The zero-order chi connectivity index (χ0) is 15.8. The number of piperazine rings is 1. The smallest absolute Gasteiger partial charge is 0.363 e. The summed E-state index contributed by atoms with van der Waals surface area (Å²) in [5.74, 6) is 0. The van der Waals surface area contributed by atoms with Crippen LogP contribution in [0.3, 0.4) is 0 Å². The van der Waals surface area contributed by atoms with Gasteiger partial charge >= 0.3 is 6.18 Å². The molecule has 1 heterocycles. The van der Waals surface area contributed by atoms with Gasteiger partial charge in [-0.1, -0.05) is 0 Å². The fraction of sp³-hybridized carbons (Fsp3) is 0.538. The van der Waals surface area contributed by atoms with E-state index in [4.69, 9.17) is 0 Å². The van der Waals surface area contributed by atoms with E-state index in [9.17, 15) is 23.3 Å². The maximum absolute atomic E-state index is 12.7. The number of nitro groups is 1. The molecule has 0 amide bonds. The highest BCUT2D eigenvalue weighted by molar-refractivity contribution is 5.65. The van der Waals surface area contributed by atoms with Crippen molar-refractivity contribution in [3.63, 3.8) is 0 Å². The van der Waals surface area contributed by atoms with E-state index in [2.05, 4.69) is 5.32 Å². The molecule has 1 saturated heterocycles. The van der Waals surface area contributed by atoms with Crippen LogP contribution in [-0.4, -0.2) is 30.1 Å². The number of nitrogens with one attached hydrogen (secondary N) is 1. The Morgan fingerprint density at radius 1 is 1.29 bits per heavy atom. The number of nitrogens with zero attached hydrogens (tertiary/aromatic N) is 2. The van der Waals surface area contributed by atoms with Crippen LogP contribution in [-0.2, 0) is 6.18 Å². The minimum atomic E-state index is -4.59. The number of anilines is 1. The molecule has 2 atom stereocenters. The lowest BCUT2D eigenvalue weighted by Gasteiger charge is -2.37. The first-order chi connectivity index (χ1) is 9.68. The Balaban J connectivity index is 2.41. The van der Waals surface area contributed by atoms with Gasteiger partial charge in [0.2, 0.25) is 0 Å². The second kappa shape index (κ2) is 5.51. The molecule has 0 aliphatic carbocycles. The summed E-state index contributed by atoms with van der Waals surface area (Å²) in [5, 5.41) is 14.4. The van der Waals surface area contributed by atoms with Crippen molar-refractivity contribution in [3.8, 4) is 0 Å². The summed E-state index contributed by atoms with van der Waals surface area (Å²) in [4.78, 5) is 12.1.